The van der Waals surface area contributed by atoms with Crippen LogP contribution in [0.2, 0.25) is 5.02 Å². The molecular weight excluding hydrogens is 388 g/mol. The Labute approximate surface area is 165 Å². The molecule has 2 aliphatic heterocycles. The molecule has 2 aliphatic rings. The third-order valence-corrected chi connectivity index (χ3v) is 7.08. The molecule has 0 bridgehead atoms. The Balaban J connectivity index is 1.51. The fraction of sp³-hybridized carbons (Fsp3) is 0.556. The lowest BCUT2D eigenvalue weighted by molar-refractivity contribution is -0.135. The molecule has 0 radical (unpaired) electrons. The molecule has 148 valence electrons. The van der Waals surface area contributed by atoms with E-state index in [1.54, 1.807) is 7.05 Å². The van der Waals surface area contributed by atoms with Crippen molar-refractivity contribution in [1.29, 1.82) is 0 Å². The Morgan fingerprint density at radius 1 is 1.30 bits per heavy atom. The number of guanidine groups is 1. The first-order valence-electron chi connectivity index (χ1n) is 9.04. The highest BCUT2D eigenvalue weighted by molar-refractivity contribution is 7.91. The van der Waals surface area contributed by atoms with Gasteiger partial charge in [-0.1, -0.05) is 23.7 Å². The van der Waals surface area contributed by atoms with Crippen LogP contribution < -0.4 is 5.32 Å². The Bertz CT molecular complexity index is 810. The number of benzene rings is 1. The second-order valence-electron chi connectivity index (χ2n) is 7.06. The lowest BCUT2D eigenvalue weighted by Gasteiger charge is -2.36. The van der Waals surface area contributed by atoms with E-state index in [0.717, 1.165) is 5.56 Å². The van der Waals surface area contributed by atoms with E-state index in [0.29, 0.717) is 43.6 Å². The highest BCUT2D eigenvalue weighted by Gasteiger charge is 2.29. The Hall–Kier alpha value is -1.80. The van der Waals surface area contributed by atoms with Crippen molar-refractivity contribution < 1.29 is 13.2 Å². The molecule has 1 amide bonds. The maximum Gasteiger partial charge on any atom is 0.242 e. The van der Waals surface area contributed by atoms with E-state index < -0.39 is 9.84 Å². The molecule has 2 heterocycles. The number of rotatable bonds is 4. The molecule has 0 aromatic heterocycles. The summed E-state index contributed by atoms with van der Waals surface area (Å²) in [5.41, 5.74) is 1.05. The van der Waals surface area contributed by atoms with Gasteiger partial charge in [-0.15, -0.1) is 0 Å². The Morgan fingerprint density at radius 3 is 2.63 bits per heavy atom. The van der Waals surface area contributed by atoms with Crippen LogP contribution in [0.25, 0.3) is 0 Å². The summed E-state index contributed by atoms with van der Waals surface area (Å²) in [5, 5.41) is 3.92. The molecule has 1 unspecified atom stereocenters. The Kier molecular flexibility index (Phi) is 6.26. The van der Waals surface area contributed by atoms with Crippen molar-refractivity contribution in [1.82, 2.24) is 15.1 Å². The van der Waals surface area contributed by atoms with E-state index >= 15 is 0 Å². The normalized spacial score (nSPS) is 23.0. The van der Waals surface area contributed by atoms with Crippen molar-refractivity contribution in [2.45, 2.75) is 13.0 Å². The molecule has 1 aromatic rings. The zero-order valence-electron chi connectivity index (χ0n) is 15.4. The van der Waals surface area contributed by atoms with Crippen LogP contribution in [0.3, 0.4) is 0 Å². The summed E-state index contributed by atoms with van der Waals surface area (Å²) >= 11 is 5.90. The van der Waals surface area contributed by atoms with Gasteiger partial charge in [-0.2, -0.15) is 0 Å². The summed E-state index contributed by atoms with van der Waals surface area (Å²) in [6.45, 7) is 2.68. The van der Waals surface area contributed by atoms with Gasteiger partial charge in [0.2, 0.25) is 5.91 Å². The van der Waals surface area contributed by atoms with E-state index in [9.17, 15) is 13.2 Å². The quantitative estimate of drug-likeness (QED) is 0.589. The fourth-order valence-corrected chi connectivity index (χ4v) is 5.46. The number of sulfone groups is 1. The van der Waals surface area contributed by atoms with Crippen LogP contribution in [0.4, 0.5) is 0 Å². The van der Waals surface area contributed by atoms with Crippen molar-refractivity contribution in [3.8, 4) is 0 Å². The molecule has 2 fully saturated rings. The molecule has 27 heavy (non-hydrogen) atoms. The van der Waals surface area contributed by atoms with Gasteiger partial charge in [-0.05, 0) is 30.0 Å². The third kappa shape index (κ3) is 5.35. The number of hydrogen-bond donors (Lipinski definition) is 1. The average molecular weight is 413 g/mol. The van der Waals surface area contributed by atoms with Gasteiger partial charge in [-0.25, -0.2) is 8.42 Å². The minimum atomic E-state index is -2.89. The van der Waals surface area contributed by atoms with Gasteiger partial charge < -0.3 is 15.1 Å². The minimum absolute atomic E-state index is 0.0441. The number of aliphatic imine (C=N–C) groups is 1. The first kappa shape index (κ1) is 19.9. The van der Waals surface area contributed by atoms with Gasteiger partial charge in [0.15, 0.2) is 15.8 Å². The zero-order chi connectivity index (χ0) is 19.4. The minimum Gasteiger partial charge on any atom is -0.356 e. The summed E-state index contributed by atoms with van der Waals surface area (Å²) in [4.78, 5) is 20.5. The average Bonchev–Trinajstić information content (AvgIpc) is 2.98. The molecule has 0 aliphatic carbocycles. The monoisotopic (exact) mass is 412 g/mol. The summed E-state index contributed by atoms with van der Waals surface area (Å²) in [6, 6.07) is 7.51. The van der Waals surface area contributed by atoms with Gasteiger partial charge in [-0.3, -0.25) is 9.79 Å². The van der Waals surface area contributed by atoms with Crippen LogP contribution in [0.15, 0.2) is 29.3 Å². The predicted molar refractivity (Wildman–Crippen MR) is 107 cm³/mol. The maximum absolute atomic E-state index is 12.5. The Morgan fingerprint density at radius 2 is 2.04 bits per heavy atom. The van der Waals surface area contributed by atoms with Crippen LogP contribution in [0, 0.1) is 5.92 Å². The van der Waals surface area contributed by atoms with Gasteiger partial charge in [0, 0.05) is 38.2 Å². The van der Waals surface area contributed by atoms with Gasteiger partial charge in [0.05, 0.1) is 18.1 Å². The van der Waals surface area contributed by atoms with E-state index in [-0.39, 0.29) is 29.9 Å². The van der Waals surface area contributed by atoms with Gasteiger partial charge in [0.1, 0.15) is 0 Å². The highest BCUT2D eigenvalue weighted by atomic mass is 35.5. The van der Waals surface area contributed by atoms with Crippen LogP contribution in [-0.4, -0.2) is 74.8 Å². The predicted octanol–water partition coefficient (Wildman–Crippen LogP) is 0.994. The number of piperazine rings is 1. The van der Waals surface area contributed by atoms with Crippen molar-refractivity contribution >= 4 is 33.3 Å². The fourth-order valence-electron chi connectivity index (χ4n) is 3.47. The summed E-state index contributed by atoms with van der Waals surface area (Å²) in [5.74, 6) is 1.29. The number of nitrogens with zero attached hydrogens (tertiary/aromatic N) is 3. The smallest absolute Gasteiger partial charge is 0.242 e. The summed E-state index contributed by atoms with van der Waals surface area (Å²) in [6.07, 6.45) is 0.681. The number of carbonyl (C=O) groups is 1. The van der Waals surface area contributed by atoms with Crippen molar-refractivity contribution in [2.75, 3.05) is 44.7 Å². The van der Waals surface area contributed by atoms with Crippen LogP contribution in [0.1, 0.15) is 12.0 Å². The molecule has 2 saturated heterocycles. The van der Waals surface area contributed by atoms with Crippen LogP contribution in [-0.2, 0) is 21.2 Å². The molecule has 7 nitrogen and oxygen atoms in total. The maximum atomic E-state index is 12.5. The van der Waals surface area contributed by atoms with Crippen molar-refractivity contribution in [3.05, 3.63) is 34.9 Å². The van der Waals surface area contributed by atoms with Gasteiger partial charge >= 0.3 is 0 Å². The van der Waals surface area contributed by atoms with E-state index in [1.807, 2.05) is 34.1 Å². The largest absolute Gasteiger partial charge is 0.356 e. The molecule has 0 saturated carbocycles. The molecule has 0 spiro atoms. The molecular formula is C18H25ClN4O3S. The SMILES string of the molecule is CN=C(NCC1CCS(=O)(=O)C1)N1CCN(Cc2ccc(Cl)cc2)C(=O)C1. The van der Waals surface area contributed by atoms with Crippen molar-refractivity contribution in [2.24, 2.45) is 10.9 Å². The molecule has 9 heteroatoms. The number of hydrogen-bond acceptors (Lipinski definition) is 4. The zero-order valence-corrected chi connectivity index (χ0v) is 17.0. The number of amides is 1. The first-order valence-corrected chi connectivity index (χ1v) is 11.2. The molecule has 1 aromatic carbocycles. The molecule has 1 atom stereocenters. The number of nitrogens with one attached hydrogen (secondary N) is 1. The highest BCUT2D eigenvalue weighted by Crippen LogP contribution is 2.18. The number of carbonyl (C=O) groups excluding carboxylic acids is 1. The molecule has 3 rings (SSSR count). The molecule has 1 N–H and O–H groups in total. The summed E-state index contributed by atoms with van der Waals surface area (Å²) in [7, 11) is -1.21. The van der Waals surface area contributed by atoms with E-state index in [2.05, 4.69) is 10.3 Å². The number of halogens is 1. The van der Waals surface area contributed by atoms with Crippen LogP contribution in [0.5, 0.6) is 0 Å². The van der Waals surface area contributed by atoms with E-state index in [1.165, 1.54) is 0 Å². The van der Waals surface area contributed by atoms with E-state index in [4.69, 9.17) is 11.6 Å². The lowest BCUT2D eigenvalue weighted by Crippen LogP contribution is -2.55. The topological polar surface area (TPSA) is 82.1 Å². The second kappa shape index (κ2) is 8.48. The second-order valence-corrected chi connectivity index (χ2v) is 9.73. The summed E-state index contributed by atoms with van der Waals surface area (Å²) < 4.78 is 23.2. The standard InChI is InChI=1S/C18H25ClN4O3S/c1-20-18(21-10-15-6-9-27(25,26)13-15)23-8-7-22(17(24)12-23)11-14-2-4-16(19)5-3-14/h2-5,15H,6-13H2,1H3,(H,20,21). The third-order valence-electron chi connectivity index (χ3n) is 4.99. The van der Waals surface area contributed by atoms with Gasteiger partial charge in [0.25, 0.3) is 0 Å². The first-order chi connectivity index (χ1) is 12.9. The lowest BCUT2D eigenvalue weighted by atomic mass is 10.1. The van der Waals surface area contributed by atoms with Crippen LogP contribution >= 0.6 is 11.6 Å². The van der Waals surface area contributed by atoms with Crippen molar-refractivity contribution in [3.63, 3.8) is 0 Å².